The Labute approximate surface area is 175 Å². The molecule has 0 aromatic heterocycles. The van der Waals surface area contributed by atoms with Crippen molar-refractivity contribution in [3.8, 4) is 5.75 Å². The fraction of sp³-hybridized carbons (Fsp3) is 0.391. The third kappa shape index (κ3) is 4.46. The Hall–Kier alpha value is -2.93. The van der Waals surface area contributed by atoms with E-state index >= 15 is 0 Å². The first kappa shape index (κ1) is 20.3. The summed E-state index contributed by atoms with van der Waals surface area (Å²) in [5, 5.41) is 2.63. The van der Waals surface area contributed by atoms with Gasteiger partial charge in [0.1, 0.15) is 17.2 Å². The fourth-order valence-corrected chi connectivity index (χ4v) is 4.17. The van der Waals surface area contributed by atoms with Crippen molar-refractivity contribution in [1.29, 1.82) is 0 Å². The monoisotopic (exact) mass is 411 g/mol. The predicted molar refractivity (Wildman–Crippen MR) is 112 cm³/mol. The Morgan fingerprint density at radius 1 is 1.10 bits per heavy atom. The van der Waals surface area contributed by atoms with E-state index in [4.69, 9.17) is 4.74 Å². The molecule has 4 rings (SSSR count). The first-order chi connectivity index (χ1) is 14.4. The summed E-state index contributed by atoms with van der Waals surface area (Å²) < 4.78 is 20.2. The summed E-state index contributed by atoms with van der Waals surface area (Å²) in [7, 11) is 0. The highest BCUT2D eigenvalue weighted by Gasteiger charge is 2.41. The maximum absolute atomic E-state index is 13.8. The highest BCUT2D eigenvalue weighted by atomic mass is 19.1. The zero-order valence-electron chi connectivity index (χ0n) is 17.1. The van der Waals surface area contributed by atoms with Crippen molar-refractivity contribution < 1.29 is 18.7 Å². The number of carbonyl (C=O) groups is 2. The van der Waals surface area contributed by atoms with E-state index in [0.29, 0.717) is 39.0 Å². The molecule has 6 nitrogen and oxygen atoms in total. The third-order valence-electron chi connectivity index (χ3n) is 5.87. The van der Waals surface area contributed by atoms with Gasteiger partial charge in [-0.2, -0.15) is 0 Å². The van der Waals surface area contributed by atoms with Gasteiger partial charge in [0, 0.05) is 45.0 Å². The lowest BCUT2D eigenvalue weighted by atomic mass is 9.90. The first-order valence-electron chi connectivity index (χ1n) is 10.2. The lowest BCUT2D eigenvalue weighted by Gasteiger charge is -2.42. The van der Waals surface area contributed by atoms with Crippen LogP contribution in [-0.2, 0) is 16.1 Å². The second kappa shape index (κ2) is 8.44. The molecule has 2 aliphatic rings. The SMILES string of the molecule is CC(=O)N1Cc2ccccc2OC2(CCN(CC(=O)Nc3ccccc3F)CC2)C1. The zero-order chi connectivity index (χ0) is 21.1. The lowest BCUT2D eigenvalue weighted by Crippen LogP contribution is -2.54. The van der Waals surface area contributed by atoms with Gasteiger partial charge < -0.3 is 15.0 Å². The topological polar surface area (TPSA) is 61.9 Å². The van der Waals surface area contributed by atoms with Gasteiger partial charge in [-0.25, -0.2) is 4.39 Å². The smallest absolute Gasteiger partial charge is 0.238 e. The van der Waals surface area contributed by atoms with E-state index in [9.17, 15) is 14.0 Å². The molecular weight excluding hydrogens is 385 g/mol. The van der Waals surface area contributed by atoms with Crippen molar-refractivity contribution in [3.05, 3.63) is 59.9 Å². The number of amides is 2. The van der Waals surface area contributed by atoms with Crippen molar-refractivity contribution in [1.82, 2.24) is 9.80 Å². The van der Waals surface area contributed by atoms with Crippen LogP contribution in [0.15, 0.2) is 48.5 Å². The molecule has 2 aliphatic heterocycles. The Morgan fingerprint density at radius 2 is 1.80 bits per heavy atom. The van der Waals surface area contributed by atoms with Crippen LogP contribution in [0.4, 0.5) is 10.1 Å². The van der Waals surface area contributed by atoms with E-state index in [-0.39, 0.29) is 24.0 Å². The van der Waals surface area contributed by atoms with E-state index in [2.05, 4.69) is 5.32 Å². The van der Waals surface area contributed by atoms with Crippen molar-refractivity contribution in [2.45, 2.75) is 31.9 Å². The number of hydrogen-bond donors (Lipinski definition) is 1. The van der Waals surface area contributed by atoms with Gasteiger partial charge >= 0.3 is 0 Å². The molecular formula is C23H26FN3O3. The summed E-state index contributed by atoms with van der Waals surface area (Å²) >= 11 is 0. The molecule has 0 unspecified atom stereocenters. The molecule has 0 radical (unpaired) electrons. The van der Waals surface area contributed by atoms with E-state index < -0.39 is 11.4 Å². The fourth-order valence-electron chi connectivity index (χ4n) is 4.17. The van der Waals surface area contributed by atoms with Gasteiger partial charge in [0.15, 0.2) is 0 Å². The molecule has 0 bridgehead atoms. The van der Waals surface area contributed by atoms with Gasteiger partial charge in [-0.1, -0.05) is 30.3 Å². The number of piperidine rings is 1. The lowest BCUT2D eigenvalue weighted by molar-refractivity contribution is -0.132. The summed E-state index contributed by atoms with van der Waals surface area (Å²) in [6, 6.07) is 14.0. The molecule has 1 fully saturated rings. The second-order valence-corrected chi connectivity index (χ2v) is 8.07. The van der Waals surface area contributed by atoms with Crippen LogP contribution in [0.3, 0.4) is 0 Å². The molecule has 0 atom stereocenters. The van der Waals surface area contributed by atoms with Gasteiger partial charge in [-0.05, 0) is 18.2 Å². The van der Waals surface area contributed by atoms with Crippen molar-refractivity contribution in [2.75, 3.05) is 31.5 Å². The summed E-state index contributed by atoms with van der Waals surface area (Å²) in [5.74, 6) is 0.167. The zero-order valence-corrected chi connectivity index (χ0v) is 17.1. The molecule has 1 saturated heterocycles. The molecule has 7 heteroatoms. The Kier molecular flexibility index (Phi) is 5.72. The number of hydrogen-bond acceptors (Lipinski definition) is 4. The molecule has 2 aromatic carbocycles. The van der Waals surface area contributed by atoms with Crippen molar-refractivity contribution in [2.24, 2.45) is 0 Å². The number of halogens is 1. The van der Waals surface area contributed by atoms with E-state index in [0.717, 1.165) is 11.3 Å². The Bertz CT molecular complexity index is 941. The highest BCUT2D eigenvalue weighted by molar-refractivity contribution is 5.92. The summed E-state index contributed by atoms with van der Waals surface area (Å²) in [5.41, 5.74) is 0.740. The molecule has 158 valence electrons. The molecule has 0 aliphatic carbocycles. The van der Waals surface area contributed by atoms with Crippen LogP contribution in [0, 0.1) is 5.82 Å². The van der Waals surface area contributed by atoms with E-state index in [1.54, 1.807) is 25.1 Å². The maximum Gasteiger partial charge on any atom is 0.238 e. The minimum absolute atomic E-state index is 0.0290. The quantitative estimate of drug-likeness (QED) is 0.843. The largest absolute Gasteiger partial charge is 0.485 e. The predicted octanol–water partition coefficient (Wildman–Crippen LogP) is 3.04. The summed E-state index contributed by atoms with van der Waals surface area (Å²) in [6.45, 7) is 4.19. The number of anilines is 1. The standard InChI is InChI=1S/C23H26FN3O3/c1-17(28)27-14-18-6-2-5-9-21(18)30-23(16-27)10-12-26(13-11-23)15-22(29)25-20-8-4-3-7-19(20)24/h2-9H,10-16H2,1H3,(H,25,29). The molecule has 2 heterocycles. The van der Waals surface area contributed by atoms with Crippen molar-refractivity contribution in [3.63, 3.8) is 0 Å². The Morgan fingerprint density at radius 3 is 2.53 bits per heavy atom. The van der Waals surface area contributed by atoms with Crippen LogP contribution >= 0.6 is 0 Å². The molecule has 1 N–H and O–H groups in total. The number of benzene rings is 2. The van der Waals surface area contributed by atoms with Crippen molar-refractivity contribution >= 4 is 17.5 Å². The highest BCUT2D eigenvalue weighted by Crippen LogP contribution is 2.35. The van der Waals surface area contributed by atoms with Gasteiger partial charge in [-0.3, -0.25) is 14.5 Å². The third-order valence-corrected chi connectivity index (χ3v) is 5.87. The Balaban J connectivity index is 1.40. The number of para-hydroxylation sites is 2. The van der Waals surface area contributed by atoms with Gasteiger partial charge in [0.25, 0.3) is 0 Å². The molecule has 2 amide bonds. The number of ether oxygens (including phenoxy) is 1. The summed E-state index contributed by atoms with van der Waals surface area (Å²) in [4.78, 5) is 28.4. The number of carbonyl (C=O) groups excluding carboxylic acids is 2. The van der Waals surface area contributed by atoms with Crippen LogP contribution in [0.2, 0.25) is 0 Å². The minimum Gasteiger partial charge on any atom is -0.485 e. The number of nitrogens with one attached hydrogen (secondary N) is 1. The molecule has 0 saturated carbocycles. The summed E-state index contributed by atoms with van der Waals surface area (Å²) in [6.07, 6.45) is 1.41. The van der Waals surface area contributed by atoms with Gasteiger partial charge in [0.05, 0.1) is 18.8 Å². The van der Waals surface area contributed by atoms with Gasteiger partial charge in [0.2, 0.25) is 11.8 Å². The minimum atomic E-state index is -0.462. The number of fused-ring (bicyclic) bond motifs is 1. The molecule has 1 spiro atoms. The van der Waals surface area contributed by atoms with Crippen LogP contribution in [0.25, 0.3) is 0 Å². The van der Waals surface area contributed by atoms with Crippen LogP contribution < -0.4 is 10.1 Å². The number of rotatable bonds is 3. The normalized spacial score (nSPS) is 18.3. The van der Waals surface area contributed by atoms with Crippen LogP contribution in [-0.4, -0.2) is 53.4 Å². The van der Waals surface area contributed by atoms with Crippen LogP contribution in [0.5, 0.6) is 5.75 Å². The average molecular weight is 411 g/mol. The second-order valence-electron chi connectivity index (χ2n) is 8.07. The van der Waals surface area contributed by atoms with E-state index in [1.165, 1.54) is 6.07 Å². The average Bonchev–Trinajstić information content (AvgIpc) is 2.88. The molecule has 2 aromatic rings. The van der Waals surface area contributed by atoms with Gasteiger partial charge in [-0.15, -0.1) is 0 Å². The van der Waals surface area contributed by atoms with E-state index in [1.807, 2.05) is 34.1 Å². The molecule has 30 heavy (non-hydrogen) atoms. The number of likely N-dealkylation sites (tertiary alicyclic amines) is 1. The van der Waals surface area contributed by atoms with Crippen LogP contribution in [0.1, 0.15) is 25.3 Å². The maximum atomic E-state index is 13.8. The first-order valence-corrected chi connectivity index (χ1v) is 10.2. The number of nitrogens with zero attached hydrogens (tertiary/aromatic N) is 2.